The number of carbonyl (C=O) groups is 5. The molecule has 37 heavy (non-hydrogen) atoms. The predicted octanol–water partition coefficient (Wildman–Crippen LogP) is 2.16. The number of imide groups is 1. The fourth-order valence-electron chi connectivity index (χ4n) is 4.25. The van der Waals surface area contributed by atoms with E-state index in [4.69, 9.17) is 23.7 Å². The zero-order chi connectivity index (χ0) is 27.5. The minimum Gasteiger partial charge on any atom is -0.463 e. The number of amides is 2. The highest BCUT2D eigenvalue weighted by molar-refractivity contribution is 6.76. The second-order valence-electron chi connectivity index (χ2n) is 10.2. The average molecular weight is 536 g/mol. The van der Waals surface area contributed by atoms with E-state index in [0.717, 1.165) is 24.8 Å². The van der Waals surface area contributed by atoms with Crippen LogP contribution < -0.4 is 0 Å². The molecule has 0 unspecified atom stereocenters. The average Bonchev–Trinajstić information content (AvgIpc) is 3.03. The number of hydrogen-bond acceptors (Lipinski definition) is 10. The summed E-state index contributed by atoms with van der Waals surface area (Å²) in [5, 5.41) is 0. The first-order chi connectivity index (χ1) is 17.3. The molecule has 0 saturated carbocycles. The maximum atomic E-state index is 13.4. The molecule has 2 aliphatic rings. The lowest BCUT2D eigenvalue weighted by Gasteiger charge is -2.47. The Bertz CT molecular complexity index is 1030. The van der Waals surface area contributed by atoms with Crippen LogP contribution in [0.4, 0.5) is 0 Å². The third-order valence-corrected chi connectivity index (χ3v) is 7.63. The Morgan fingerprint density at radius 1 is 0.892 bits per heavy atom. The zero-order valence-electron chi connectivity index (χ0n) is 21.8. The van der Waals surface area contributed by atoms with E-state index in [9.17, 15) is 24.0 Å². The molecule has 2 heterocycles. The third kappa shape index (κ3) is 6.82. The third-order valence-electron chi connectivity index (χ3n) is 5.93. The van der Waals surface area contributed by atoms with Gasteiger partial charge in [-0.05, 0) is 18.2 Å². The lowest BCUT2D eigenvalue weighted by Crippen LogP contribution is -2.67. The summed E-state index contributed by atoms with van der Waals surface area (Å²) in [5.41, 5.74) is 0.363. The summed E-state index contributed by atoms with van der Waals surface area (Å²) in [6.07, 6.45) is -5.00. The van der Waals surface area contributed by atoms with Crippen molar-refractivity contribution in [1.82, 2.24) is 4.90 Å². The number of hydrogen-bond donors (Lipinski definition) is 0. The van der Waals surface area contributed by atoms with Gasteiger partial charge < -0.3 is 23.7 Å². The van der Waals surface area contributed by atoms with Crippen LogP contribution in [0, 0.1) is 0 Å². The molecule has 2 amide bonds. The molecule has 0 N–H and O–H groups in total. The van der Waals surface area contributed by atoms with E-state index in [1.807, 2.05) is 0 Å². The van der Waals surface area contributed by atoms with Gasteiger partial charge in [-0.25, -0.2) is 0 Å². The van der Waals surface area contributed by atoms with Gasteiger partial charge in [0.2, 0.25) is 0 Å². The normalized spacial score (nSPS) is 25.5. The molecule has 0 radical (unpaired) electrons. The molecule has 0 spiro atoms. The van der Waals surface area contributed by atoms with E-state index in [-0.39, 0.29) is 24.3 Å². The van der Waals surface area contributed by atoms with E-state index in [0.29, 0.717) is 0 Å². The van der Waals surface area contributed by atoms with Crippen LogP contribution in [0.25, 0.3) is 0 Å². The van der Waals surface area contributed by atoms with Crippen LogP contribution in [0.5, 0.6) is 0 Å². The van der Waals surface area contributed by atoms with Crippen LogP contribution in [-0.2, 0) is 38.1 Å². The fourth-order valence-corrected chi connectivity index (χ4v) is 4.98. The van der Waals surface area contributed by atoms with E-state index in [1.54, 1.807) is 12.1 Å². The minimum atomic E-state index is -1.55. The van der Waals surface area contributed by atoms with Gasteiger partial charge in [0, 0.05) is 35.5 Å². The van der Waals surface area contributed by atoms with Gasteiger partial charge in [0.25, 0.3) is 11.8 Å². The number of esters is 3. The Morgan fingerprint density at radius 2 is 1.43 bits per heavy atom. The van der Waals surface area contributed by atoms with Gasteiger partial charge in [-0.3, -0.25) is 28.9 Å². The highest BCUT2D eigenvalue weighted by Gasteiger charge is 2.57. The van der Waals surface area contributed by atoms with Gasteiger partial charge >= 0.3 is 17.9 Å². The van der Waals surface area contributed by atoms with Crippen molar-refractivity contribution in [3.8, 4) is 0 Å². The van der Waals surface area contributed by atoms with Crippen molar-refractivity contribution in [2.24, 2.45) is 0 Å². The van der Waals surface area contributed by atoms with Crippen LogP contribution in [0.15, 0.2) is 24.3 Å². The topological polar surface area (TPSA) is 135 Å². The Balaban J connectivity index is 2.07. The summed E-state index contributed by atoms with van der Waals surface area (Å²) in [5.74, 6) is -3.31. The second kappa shape index (κ2) is 11.5. The van der Waals surface area contributed by atoms with E-state index < -0.39 is 68.4 Å². The van der Waals surface area contributed by atoms with Gasteiger partial charge in [0.05, 0.1) is 11.1 Å². The van der Waals surface area contributed by atoms with Gasteiger partial charge in [0.1, 0.15) is 18.8 Å². The summed E-state index contributed by atoms with van der Waals surface area (Å²) in [6, 6.07) is 5.76. The van der Waals surface area contributed by atoms with Crippen molar-refractivity contribution in [1.29, 1.82) is 0 Å². The number of benzene rings is 1. The summed E-state index contributed by atoms with van der Waals surface area (Å²) < 4.78 is 28.3. The number of carbonyl (C=O) groups excluding carboxylic acids is 5. The maximum Gasteiger partial charge on any atom is 0.303 e. The van der Waals surface area contributed by atoms with Crippen molar-refractivity contribution in [2.75, 3.05) is 13.2 Å². The van der Waals surface area contributed by atoms with Crippen molar-refractivity contribution >= 4 is 37.8 Å². The van der Waals surface area contributed by atoms with Crippen LogP contribution in [0.3, 0.4) is 0 Å². The number of fused-ring (bicyclic) bond motifs is 1. The number of nitrogens with zero attached hydrogens (tertiary/aromatic N) is 1. The van der Waals surface area contributed by atoms with E-state index in [1.165, 1.54) is 19.1 Å². The monoisotopic (exact) mass is 535 g/mol. The molecule has 3 rings (SSSR count). The molecule has 5 atom stereocenters. The SMILES string of the molecule is CC(=O)OC[C@H]1O[C@H](OCC[Si](C)(C)C)[C@@H](N2C(=O)c3ccccc3C2=O)[C@@H](OC(C)=O)[C@H]1OC(C)=O. The molecule has 1 aromatic rings. The predicted molar refractivity (Wildman–Crippen MR) is 131 cm³/mol. The Morgan fingerprint density at radius 3 is 1.92 bits per heavy atom. The lowest BCUT2D eigenvalue weighted by molar-refractivity contribution is -0.285. The van der Waals surface area contributed by atoms with Crippen LogP contribution >= 0.6 is 0 Å². The van der Waals surface area contributed by atoms with Gasteiger partial charge in [-0.15, -0.1) is 0 Å². The van der Waals surface area contributed by atoms with Crippen molar-refractivity contribution in [2.45, 2.75) is 77.1 Å². The molecule has 0 aromatic heterocycles. The largest absolute Gasteiger partial charge is 0.463 e. The second-order valence-corrected chi connectivity index (χ2v) is 15.8. The first-order valence-corrected chi connectivity index (χ1v) is 15.7. The molecule has 2 aliphatic heterocycles. The summed E-state index contributed by atoms with van der Waals surface area (Å²) >= 11 is 0. The highest BCUT2D eigenvalue weighted by atomic mass is 28.3. The molecule has 12 heteroatoms. The zero-order valence-corrected chi connectivity index (χ0v) is 22.8. The summed E-state index contributed by atoms with van der Waals surface area (Å²) in [4.78, 5) is 63.5. The van der Waals surface area contributed by atoms with Gasteiger partial charge in [0.15, 0.2) is 18.5 Å². The van der Waals surface area contributed by atoms with Crippen molar-refractivity contribution in [3.05, 3.63) is 35.4 Å². The standard InChI is InChI=1S/C25H33NO10Si/c1-14(27)33-13-19-21(34-15(2)28)22(35-16(3)29)20(25(36-19)32-11-12-37(4,5)6)26-23(30)17-9-7-8-10-18(17)24(26)31/h7-10,19-22,25H,11-13H2,1-6H3/t19-,20+,21+,22-,25+/m1/s1. The molecule has 1 saturated heterocycles. The number of ether oxygens (including phenoxy) is 5. The van der Waals surface area contributed by atoms with E-state index in [2.05, 4.69) is 19.6 Å². The molecular formula is C25H33NO10Si. The van der Waals surface area contributed by atoms with Crippen LogP contribution in [0.2, 0.25) is 25.7 Å². The van der Waals surface area contributed by atoms with Crippen molar-refractivity contribution < 1.29 is 47.7 Å². The molecule has 1 aromatic carbocycles. The first-order valence-electron chi connectivity index (χ1n) is 12.0. The molecular weight excluding hydrogens is 502 g/mol. The summed E-state index contributed by atoms with van der Waals surface area (Å²) in [7, 11) is -1.55. The highest BCUT2D eigenvalue weighted by Crippen LogP contribution is 2.35. The Labute approximate surface area is 216 Å². The van der Waals surface area contributed by atoms with Crippen LogP contribution in [-0.4, -0.2) is 86.6 Å². The maximum absolute atomic E-state index is 13.4. The lowest BCUT2D eigenvalue weighted by atomic mass is 9.94. The van der Waals surface area contributed by atoms with Gasteiger partial charge in [-0.1, -0.05) is 31.8 Å². The van der Waals surface area contributed by atoms with Crippen LogP contribution in [0.1, 0.15) is 41.5 Å². The number of rotatable bonds is 9. The van der Waals surface area contributed by atoms with E-state index >= 15 is 0 Å². The smallest absolute Gasteiger partial charge is 0.303 e. The molecule has 0 bridgehead atoms. The Hall–Kier alpha value is -3.09. The molecule has 0 aliphatic carbocycles. The summed E-state index contributed by atoms with van der Waals surface area (Å²) in [6.45, 7) is 9.88. The minimum absolute atomic E-state index is 0.181. The Kier molecular flexibility index (Phi) is 8.87. The molecule has 1 fully saturated rings. The van der Waals surface area contributed by atoms with Crippen molar-refractivity contribution in [3.63, 3.8) is 0 Å². The van der Waals surface area contributed by atoms with Gasteiger partial charge in [-0.2, -0.15) is 0 Å². The molecule has 202 valence electrons. The quantitative estimate of drug-likeness (QED) is 0.200. The molecule has 11 nitrogen and oxygen atoms in total. The first kappa shape index (κ1) is 28.5. The fraction of sp³-hybridized carbons (Fsp3) is 0.560.